The Morgan fingerprint density at radius 3 is 2.62 bits per heavy atom. The summed E-state index contributed by atoms with van der Waals surface area (Å²) in [5.41, 5.74) is 1.87. The Hall–Kier alpha value is -2.03. The highest BCUT2D eigenvalue weighted by Gasteiger charge is 2.05. The van der Waals surface area contributed by atoms with Crippen molar-refractivity contribution < 1.29 is 5.11 Å². The first-order valence-electron chi connectivity index (χ1n) is 5.13. The molecule has 2 aromatic rings. The summed E-state index contributed by atoms with van der Waals surface area (Å²) >= 11 is 0. The molecule has 16 heavy (non-hydrogen) atoms. The lowest BCUT2D eigenvalue weighted by Crippen LogP contribution is -2.10. The van der Waals surface area contributed by atoms with Crippen LogP contribution >= 0.6 is 0 Å². The van der Waals surface area contributed by atoms with Crippen molar-refractivity contribution in [3.05, 3.63) is 48.2 Å². The average molecular weight is 214 g/mol. The number of hydrogen-bond acceptors (Lipinski definition) is 3. The largest absolute Gasteiger partial charge is 0.508 e. The van der Waals surface area contributed by atoms with Crippen LogP contribution in [0.5, 0.6) is 5.75 Å². The van der Waals surface area contributed by atoms with Crippen molar-refractivity contribution in [3.8, 4) is 5.75 Å². The van der Waals surface area contributed by atoms with Crippen molar-refractivity contribution >= 4 is 11.5 Å². The van der Waals surface area contributed by atoms with Crippen molar-refractivity contribution in [2.24, 2.45) is 0 Å². The van der Waals surface area contributed by atoms with Gasteiger partial charge in [0, 0.05) is 18.9 Å². The van der Waals surface area contributed by atoms with E-state index in [1.807, 2.05) is 49.2 Å². The number of aromatic hydroxyl groups is 1. The molecule has 0 unspecified atom stereocenters. The van der Waals surface area contributed by atoms with Crippen molar-refractivity contribution in [1.82, 2.24) is 4.98 Å². The van der Waals surface area contributed by atoms with Crippen molar-refractivity contribution in [2.45, 2.75) is 6.92 Å². The van der Waals surface area contributed by atoms with Crippen LogP contribution in [0.15, 0.2) is 42.6 Å². The summed E-state index contributed by atoms with van der Waals surface area (Å²) in [6.07, 6.45) is 1.76. The Morgan fingerprint density at radius 1 is 1.19 bits per heavy atom. The van der Waals surface area contributed by atoms with Crippen LogP contribution in [0.2, 0.25) is 0 Å². The van der Waals surface area contributed by atoms with Gasteiger partial charge in [0.05, 0.1) is 0 Å². The van der Waals surface area contributed by atoms with E-state index in [-0.39, 0.29) is 0 Å². The lowest BCUT2D eigenvalue weighted by atomic mass is 10.2. The summed E-state index contributed by atoms with van der Waals surface area (Å²) in [7, 11) is 1.95. The number of rotatable bonds is 2. The number of aromatic nitrogens is 1. The molecule has 0 fully saturated rings. The molecule has 0 bridgehead atoms. The molecule has 0 saturated carbocycles. The summed E-state index contributed by atoms with van der Waals surface area (Å²) in [5, 5.41) is 9.46. The predicted octanol–water partition coefficient (Wildman–Crippen LogP) is 2.86. The van der Waals surface area contributed by atoms with Crippen molar-refractivity contribution in [1.29, 1.82) is 0 Å². The topological polar surface area (TPSA) is 36.4 Å². The Balaban J connectivity index is 2.34. The first-order valence-corrected chi connectivity index (χ1v) is 5.13. The number of phenols is 1. The summed E-state index contributed by atoms with van der Waals surface area (Å²) < 4.78 is 0. The van der Waals surface area contributed by atoms with E-state index in [0.717, 1.165) is 17.1 Å². The summed E-state index contributed by atoms with van der Waals surface area (Å²) in [6, 6.07) is 11.3. The van der Waals surface area contributed by atoms with Gasteiger partial charge in [-0.25, -0.2) is 4.98 Å². The molecule has 82 valence electrons. The SMILES string of the molecule is Cc1cc(N(C)c2ccccn2)ccc1O. The normalized spacial score (nSPS) is 10.1. The van der Waals surface area contributed by atoms with E-state index in [1.165, 1.54) is 0 Å². The molecule has 0 radical (unpaired) electrons. The molecule has 0 aliphatic heterocycles. The third-order valence-electron chi connectivity index (χ3n) is 2.56. The van der Waals surface area contributed by atoms with E-state index in [0.29, 0.717) is 5.75 Å². The van der Waals surface area contributed by atoms with Gasteiger partial charge >= 0.3 is 0 Å². The van der Waals surface area contributed by atoms with Gasteiger partial charge in [0.1, 0.15) is 11.6 Å². The van der Waals surface area contributed by atoms with Crippen LogP contribution in [0.4, 0.5) is 11.5 Å². The fraction of sp³-hybridized carbons (Fsp3) is 0.154. The molecule has 0 aliphatic carbocycles. The third kappa shape index (κ3) is 1.98. The van der Waals surface area contributed by atoms with E-state index in [4.69, 9.17) is 0 Å². The molecule has 2 rings (SSSR count). The standard InChI is InChI=1S/C13H14N2O/c1-10-9-11(6-7-12(10)16)15(2)13-5-3-4-8-14-13/h3-9,16H,1-2H3. The minimum Gasteiger partial charge on any atom is -0.508 e. The number of aryl methyl sites for hydroxylation is 1. The molecule has 1 heterocycles. The van der Waals surface area contributed by atoms with Gasteiger partial charge in [-0.1, -0.05) is 6.07 Å². The maximum atomic E-state index is 9.46. The molecule has 0 amide bonds. The maximum Gasteiger partial charge on any atom is 0.132 e. The van der Waals surface area contributed by atoms with Gasteiger partial charge in [0.15, 0.2) is 0 Å². The minimum atomic E-state index is 0.318. The second-order valence-electron chi connectivity index (χ2n) is 3.72. The highest BCUT2D eigenvalue weighted by molar-refractivity contribution is 5.61. The van der Waals surface area contributed by atoms with Crippen LogP contribution in [-0.4, -0.2) is 17.1 Å². The molecule has 1 aromatic carbocycles. The average Bonchev–Trinajstić information content (AvgIpc) is 2.33. The molecule has 3 heteroatoms. The Morgan fingerprint density at radius 2 is 2.00 bits per heavy atom. The first kappa shape index (κ1) is 10.5. The number of phenolic OH excluding ortho intramolecular Hbond substituents is 1. The monoisotopic (exact) mass is 214 g/mol. The molecular formula is C13H14N2O. The number of nitrogens with zero attached hydrogens (tertiary/aromatic N) is 2. The zero-order valence-corrected chi connectivity index (χ0v) is 9.38. The number of pyridine rings is 1. The zero-order chi connectivity index (χ0) is 11.5. The molecule has 0 saturated heterocycles. The Bertz CT molecular complexity index is 483. The predicted molar refractivity (Wildman–Crippen MR) is 65.1 cm³/mol. The van der Waals surface area contributed by atoms with Crippen LogP contribution in [0, 0.1) is 6.92 Å². The van der Waals surface area contributed by atoms with Crippen LogP contribution in [0.3, 0.4) is 0 Å². The lowest BCUT2D eigenvalue weighted by molar-refractivity contribution is 0.471. The Kier molecular flexibility index (Phi) is 2.77. The minimum absolute atomic E-state index is 0.318. The number of hydrogen-bond donors (Lipinski definition) is 1. The van der Waals surface area contributed by atoms with E-state index < -0.39 is 0 Å². The van der Waals surface area contributed by atoms with E-state index in [2.05, 4.69) is 4.98 Å². The van der Waals surface area contributed by atoms with E-state index >= 15 is 0 Å². The van der Waals surface area contributed by atoms with Gasteiger partial charge in [-0.3, -0.25) is 0 Å². The molecule has 1 N–H and O–H groups in total. The summed E-state index contributed by atoms with van der Waals surface area (Å²) in [6.45, 7) is 1.88. The van der Waals surface area contributed by atoms with E-state index in [1.54, 1.807) is 12.3 Å². The first-order chi connectivity index (χ1) is 7.68. The van der Waals surface area contributed by atoms with Crippen molar-refractivity contribution in [3.63, 3.8) is 0 Å². The fourth-order valence-electron chi connectivity index (χ4n) is 1.53. The second kappa shape index (κ2) is 4.23. The quantitative estimate of drug-likeness (QED) is 0.835. The van der Waals surface area contributed by atoms with Crippen molar-refractivity contribution in [2.75, 3.05) is 11.9 Å². The smallest absolute Gasteiger partial charge is 0.132 e. The highest BCUT2D eigenvalue weighted by Crippen LogP contribution is 2.26. The molecular weight excluding hydrogens is 200 g/mol. The lowest BCUT2D eigenvalue weighted by Gasteiger charge is -2.18. The van der Waals surface area contributed by atoms with Gasteiger partial charge in [0.25, 0.3) is 0 Å². The van der Waals surface area contributed by atoms with Gasteiger partial charge in [-0.05, 0) is 42.8 Å². The molecule has 0 spiro atoms. The molecule has 0 aliphatic rings. The van der Waals surface area contributed by atoms with E-state index in [9.17, 15) is 5.11 Å². The third-order valence-corrected chi connectivity index (χ3v) is 2.56. The summed E-state index contributed by atoms with van der Waals surface area (Å²) in [5.74, 6) is 1.20. The van der Waals surface area contributed by atoms with Crippen LogP contribution < -0.4 is 4.90 Å². The van der Waals surface area contributed by atoms with Gasteiger partial charge < -0.3 is 10.0 Å². The second-order valence-corrected chi connectivity index (χ2v) is 3.72. The highest BCUT2D eigenvalue weighted by atomic mass is 16.3. The van der Waals surface area contributed by atoms with Crippen LogP contribution in [0.25, 0.3) is 0 Å². The van der Waals surface area contributed by atoms with Crippen LogP contribution in [0.1, 0.15) is 5.56 Å². The molecule has 0 atom stereocenters. The summed E-state index contributed by atoms with van der Waals surface area (Å²) in [4.78, 5) is 6.25. The number of anilines is 2. The number of benzene rings is 1. The fourth-order valence-corrected chi connectivity index (χ4v) is 1.53. The van der Waals surface area contributed by atoms with Gasteiger partial charge in [-0.15, -0.1) is 0 Å². The Labute approximate surface area is 95.0 Å². The van der Waals surface area contributed by atoms with Gasteiger partial charge in [0.2, 0.25) is 0 Å². The van der Waals surface area contributed by atoms with Gasteiger partial charge in [-0.2, -0.15) is 0 Å². The molecule has 1 aromatic heterocycles. The zero-order valence-electron chi connectivity index (χ0n) is 9.38. The van der Waals surface area contributed by atoms with Crippen LogP contribution in [-0.2, 0) is 0 Å². The molecule has 3 nitrogen and oxygen atoms in total. The maximum absolute atomic E-state index is 9.46.